The average Bonchev–Trinajstić information content (AvgIpc) is 3.63. The van der Waals surface area contributed by atoms with Gasteiger partial charge >= 0.3 is 0 Å². The quantitative estimate of drug-likeness (QED) is 0.161. The van der Waals surface area contributed by atoms with Crippen LogP contribution < -0.4 is 0 Å². The number of hydrogen-bond donors (Lipinski definition) is 0. The van der Waals surface area contributed by atoms with Gasteiger partial charge in [0, 0.05) is 16.2 Å². The Labute approximate surface area is 335 Å². The van der Waals surface area contributed by atoms with Crippen LogP contribution in [-0.4, -0.2) is 0 Å². The van der Waals surface area contributed by atoms with Crippen molar-refractivity contribution in [3.8, 4) is 22.3 Å². The van der Waals surface area contributed by atoms with Crippen molar-refractivity contribution in [2.45, 2.75) is 52.4 Å². The predicted molar refractivity (Wildman–Crippen MR) is 242 cm³/mol. The SMILES string of the molecule is Cc1ccc(C/C(=C/c2ccc3c(c2)C(C)(C)c2cc(-c4cccc5c4CC4=CC5=CC=CC4)c4ccccc4c2-3)c2cccc3oc4ccccc4c23)cc1C. The molecule has 0 saturated heterocycles. The molecule has 1 heteroatoms. The van der Waals surface area contributed by atoms with E-state index >= 15 is 0 Å². The van der Waals surface area contributed by atoms with E-state index in [1.165, 1.54) is 105 Å². The largest absolute Gasteiger partial charge is 0.456 e. The molecule has 57 heavy (non-hydrogen) atoms. The van der Waals surface area contributed by atoms with E-state index in [-0.39, 0.29) is 5.41 Å². The third-order valence-electron chi connectivity index (χ3n) is 13.1. The lowest BCUT2D eigenvalue weighted by Gasteiger charge is -2.25. The second-order valence-electron chi connectivity index (χ2n) is 16.9. The van der Waals surface area contributed by atoms with Crippen molar-refractivity contribution in [1.82, 2.24) is 0 Å². The van der Waals surface area contributed by atoms with Crippen molar-refractivity contribution in [1.29, 1.82) is 0 Å². The summed E-state index contributed by atoms with van der Waals surface area (Å²) in [6.45, 7) is 9.26. The minimum atomic E-state index is -0.194. The average molecular weight is 733 g/mol. The molecule has 0 atom stereocenters. The fourth-order valence-electron chi connectivity index (χ4n) is 10.0. The molecule has 0 amide bonds. The molecule has 0 spiro atoms. The Kier molecular flexibility index (Phi) is 7.60. The molecule has 0 aliphatic heterocycles. The smallest absolute Gasteiger partial charge is 0.136 e. The summed E-state index contributed by atoms with van der Waals surface area (Å²) >= 11 is 0. The lowest BCUT2D eigenvalue weighted by Crippen LogP contribution is -2.15. The lowest BCUT2D eigenvalue weighted by atomic mass is 9.78. The molecule has 2 bridgehead atoms. The third-order valence-corrected chi connectivity index (χ3v) is 13.1. The van der Waals surface area contributed by atoms with Gasteiger partial charge in [-0.1, -0.05) is 159 Å². The number of hydrogen-bond acceptors (Lipinski definition) is 1. The van der Waals surface area contributed by atoms with Gasteiger partial charge in [0.15, 0.2) is 0 Å². The Morgan fingerprint density at radius 2 is 1.46 bits per heavy atom. The molecule has 0 fully saturated rings. The van der Waals surface area contributed by atoms with E-state index in [0.717, 1.165) is 35.8 Å². The van der Waals surface area contributed by atoms with Gasteiger partial charge in [0.25, 0.3) is 0 Å². The zero-order chi connectivity index (χ0) is 38.4. The number of furan rings is 1. The summed E-state index contributed by atoms with van der Waals surface area (Å²) in [5.74, 6) is 0. The highest BCUT2D eigenvalue weighted by molar-refractivity contribution is 6.12. The fourth-order valence-corrected chi connectivity index (χ4v) is 10.0. The first-order valence-electron chi connectivity index (χ1n) is 20.4. The zero-order valence-electron chi connectivity index (χ0n) is 33.0. The summed E-state index contributed by atoms with van der Waals surface area (Å²) in [5.41, 5.74) is 23.2. The molecule has 8 aromatic rings. The van der Waals surface area contributed by atoms with E-state index in [1.807, 2.05) is 0 Å². The van der Waals surface area contributed by atoms with Crippen LogP contribution in [0.1, 0.15) is 70.3 Å². The molecular formula is C56H44O. The first-order chi connectivity index (χ1) is 27.8. The minimum Gasteiger partial charge on any atom is -0.456 e. The molecule has 274 valence electrons. The standard InChI is InChI=1S/C56H44O/c1-34-23-24-37(27-35(34)2)29-40(42-19-12-22-53-55(42)47-17-9-10-21-52(47)57-53)30-38-25-26-46-50(32-38)56(3,4)51-33-49(43-15-7-8-16-45(43)54(46)51)44-20-11-18-41-39-14-6-5-13-36(28-39)31-48(41)44/h5-12,14-28,30,32-33H,13,29,31H2,1-4H3/b40-30-. The first-order valence-corrected chi connectivity index (χ1v) is 20.4. The van der Waals surface area contributed by atoms with Gasteiger partial charge in [0.1, 0.15) is 11.2 Å². The molecule has 3 aliphatic carbocycles. The molecule has 0 saturated carbocycles. The monoisotopic (exact) mass is 732 g/mol. The predicted octanol–water partition coefficient (Wildman–Crippen LogP) is 14.9. The summed E-state index contributed by atoms with van der Waals surface area (Å²) in [4.78, 5) is 0. The van der Waals surface area contributed by atoms with Gasteiger partial charge in [-0.3, -0.25) is 0 Å². The van der Waals surface area contributed by atoms with E-state index in [9.17, 15) is 0 Å². The number of benzene rings is 7. The Balaban J connectivity index is 1.08. The maximum atomic E-state index is 6.40. The van der Waals surface area contributed by atoms with Crippen LogP contribution in [0.25, 0.3) is 72.2 Å². The first kappa shape index (κ1) is 33.9. The van der Waals surface area contributed by atoms with Crippen LogP contribution >= 0.6 is 0 Å². The van der Waals surface area contributed by atoms with Gasteiger partial charge in [-0.25, -0.2) is 0 Å². The van der Waals surface area contributed by atoms with Crippen LogP contribution in [0, 0.1) is 13.8 Å². The van der Waals surface area contributed by atoms with Gasteiger partial charge in [-0.2, -0.15) is 0 Å². The third kappa shape index (κ3) is 5.36. The summed E-state index contributed by atoms with van der Waals surface area (Å²) in [7, 11) is 0. The molecule has 1 nitrogen and oxygen atoms in total. The van der Waals surface area contributed by atoms with E-state index in [2.05, 4.69) is 185 Å². The van der Waals surface area contributed by atoms with Crippen LogP contribution in [-0.2, 0) is 18.3 Å². The molecule has 7 aromatic carbocycles. The van der Waals surface area contributed by atoms with Gasteiger partial charge in [-0.05, 0) is 146 Å². The number of para-hydroxylation sites is 1. The molecule has 0 N–H and O–H groups in total. The van der Waals surface area contributed by atoms with Crippen molar-refractivity contribution in [2.75, 3.05) is 0 Å². The summed E-state index contributed by atoms with van der Waals surface area (Å²) in [6, 6.07) is 47.6. The van der Waals surface area contributed by atoms with Gasteiger partial charge in [-0.15, -0.1) is 0 Å². The van der Waals surface area contributed by atoms with Crippen LogP contribution in [0.2, 0.25) is 0 Å². The van der Waals surface area contributed by atoms with E-state index in [0.29, 0.717) is 0 Å². The number of aryl methyl sites for hydroxylation is 2. The second-order valence-corrected chi connectivity index (χ2v) is 16.9. The van der Waals surface area contributed by atoms with Gasteiger partial charge in [0.2, 0.25) is 0 Å². The van der Waals surface area contributed by atoms with E-state index in [1.54, 1.807) is 0 Å². The highest BCUT2D eigenvalue weighted by atomic mass is 16.3. The van der Waals surface area contributed by atoms with Gasteiger partial charge in [0.05, 0.1) is 0 Å². The molecule has 0 radical (unpaired) electrons. The van der Waals surface area contributed by atoms with Crippen molar-refractivity contribution in [2.24, 2.45) is 0 Å². The molecule has 0 unspecified atom stereocenters. The zero-order valence-corrected chi connectivity index (χ0v) is 33.0. The summed E-state index contributed by atoms with van der Waals surface area (Å²) in [5, 5.41) is 5.00. The normalized spacial score (nSPS) is 15.3. The summed E-state index contributed by atoms with van der Waals surface area (Å²) < 4.78 is 6.40. The van der Waals surface area contributed by atoms with Crippen LogP contribution in [0.15, 0.2) is 162 Å². The highest BCUT2D eigenvalue weighted by Gasteiger charge is 2.38. The van der Waals surface area contributed by atoms with Crippen LogP contribution in [0.4, 0.5) is 0 Å². The maximum Gasteiger partial charge on any atom is 0.136 e. The number of allylic oxidation sites excluding steroid dienone is 7. The van der Waals surface area contributed by atoms with Crippen molar-refractivity contribution in [3.05, 3.63) is 207 Å². The van der Waals surface area contributed by atoms with Gasteiger partial charge < -0.3 is 4.42 Å². The van der Waals surface area contributed by atoms with Crippen molar-refractivity contribution < 1.29 is 4.42 Å². The Bertz CT molecular complexity index is 3130. The molecule has 1 aromatic heterocycles. The molecule has 1 heterocycles. The Morgan fingerprint density at radius 1 is 0.667 bits per heavy atom. The van der Waals surface area contributed by atoms with Crippen LogP contribution in [0.5, 0.6) is 0 Å². The Hall–Kier alpha value is -6.44. The van der Waals surface area contributed by atoms with E-state index in [4.69, 9.17) is 4.42 Å². The van der Waals surface area contributed by atoms with Crippen molar-refractivity contribution in [3.63, 3.8) is 0 Å². The molecule has 3 aliphatic rings. The highest BCUT2D eigenvalue weighted by Crippen LogP contribution is 2.54. The number of rotatable bonds is 5. The number of fused-ring (bicyclic) bond motifs is 11. The second kappa shape index (κ2) is 12.8. The summed E-state index contributed by atoms with van der Waals surface area (Å²) in [6.07, 6.45) is 14.5. The molecule has 11 rings (SSSR count). The Morgan fingerprint density at radius 3 is 2.33 bits per heavy atom. The maximum absolute atomic E-state index is 6.40. The molecular weight excluding hydrogens is 689 g/mol. The van der Waals surface area contributed by atoms with Crippen molar-refractivity contribution >= 4 is 49.9 Å². The fraction of sp³-hybridized carbons (Fsp3) is 0.143. The minimum absolute atomic E-state index is 0.194. The van der Waals surface area contributed by atoms with E-state index < -0.39 is 0 Å². The topological polar surface area (TPSA) is 13.1 Å². The van der Waals surface area contributed by atoms with Crippen LogP contribution in [0.3, 0.4) is 0 Å². The lowest BCUT2D eigenvalue weighted by molar-refractivity contribution is 0.661.